The first-order chi connectivity index (χ1) is 15.6. The van der Waals surface area contributed by atoms with Gasteiger partial charge in [-0.05, 0) is 49.1 Å². The van der Waals surface area contributed by atoms with Crippen molar-refractivity contribution in [1.82, 2.24) is 30.0 Å². The Labute approximate surface area is 190 Å². The van der Waals surface area contributed by atoms with Gasteiger partial charge in [-0.1, -0.05) is 29.8 Å². The average molecular weight is 445 g/mol. The largest absolute Gasteiger partial charge is 0.344 e. The molecule has 1 aliphatic rings. The van der Waals surface area contributed by atoms with Gasteiger partial charge in [0.1, 0.15) is 5.69 Å². The lowest BCUT2D eigenvalue weighted by atomic mass is 9.91. The highest BCUT2D eigenvalue weighted by molar-refractivity contribution is 6.30. The number of carbonyl (C=O) groups is 1. The van der Waals surface area contributed by atoms with Crippen molar-refractivity contribution in [2.45, 2.75) is 25.3 Å². The monoisotopic (exact) mass is 444 g/mol. The second kappa shape index (κ2) is 8.51. The van der Waals surface area contributed by atoms with Crippen LogP contribution in [-0.2, 0) is 13.5 Å². The summed E-state index contributed by atoms with van der Waals surface area (Å²) in [4.78, 5) is 27.0. The second-order valence-electron chi connectivity index (χ2n) is 7.83. The van der Waals surface area contributed by atoms with Gasteiger partial charge in [-0.2, -0.15) is 5.10 Å². The van der Waals surface area contributed by atoms with Crippen LogP contribution in [0.15, 0.2) is 61.1 Å². The van der Waals surface area contributed by atoms with Gasteiger partial charge in [0.15, 0.2) is 5.82 Å². The molecule has 8 heteroatoms. The van der Waals surface area contributed by atoms with Crippen LogP contribution in [0.4, 0.5) is 0 Å². The fourth-order valence-electron chi connectivity index (χ4n) is 3.99. The Balaban J connectivity index is 1.52. The van der Waals surface area contributed by atoms with Gasteiger partial charge < -0.3 is 5.32 Å². The Morgan fingerprint density at radius 3 is 2.78 bits per heavy atom. The number of nitrogens with zero attached hydrogens (tertiary/aromatic N) is 5. The lowest BCUT2D eigenvalue weighted by molar-refractivity contribution is 0.0927. The molecule has 0 saturated heterocycles. The van der Waals surface area contributed by atoms with Gasteiger partial charge in [-0.3, -0.25) is 14.5 Å². The highest BCUT2D eigenvalue weighted by atomic mass is 35.5. The van der Waals surface area contributed by atoms with Crippen molar-refractivity contribution in [3.05, 3.63) is 83.0 Å². The summed E-state index contributed by atoms with van der Waals surface area (Å²) in [5.74, 6) is 0.205. The van der Waals surface area contributed by atoms with Crippen LogP contribution in [0, 0.1) is 0 Å². The maximum atomic E-state index is 13.3. The molecule has 1 aromatic carbocycles. The molecular weight excluding hydrogens is 424 g/mol. The molecule has 1 atom stereocenters. The zero-order chi connectivity index (χ0) is 22.1. The van der Waals surface area contributed by atoms with E-state index in [9.17, 15) is 4.79 Å². The van der Waals surface area contributed by atoms with Gasteiger partial charge in [-0.15, -0.1) is 0 Å². The quantitative estimate of drug-likeness (QED) is 0.504. The van der Waals surface area contributed by atoms with E-state index in [0.717, 1.165) is 41.6 Å². The third kappa shape index (κ3) is 4.11. The minimum atomic E-state index is -0.241. The molecule has 3 aromatic heterocycles. The molecule has 0 bridgehead atoms. The van der Waals surface area contributed by atoms with Crippen LogP contribution in [0.1, 0.15) is 40.6 Å². The SMILES string of the molecule is Cn1cc(-c2nc(C(=O)NC3CCCc4ncccc43)cc(-c3ccc(Cl)cc3)n2)cn1. The van der Waals surface area contributed by atoms with Gasteiger partial charge in [-0.25, -0.2) is 9.97 Å². The number of aryl methyl sites for hydroxylation is 2. The fraction of sp³-hybridized carbons (Fsp3) is 0.208. The van der Waals surface area contributed by atoms with Crippen molar-refractivity contribution in [3.8, 4) is 22.6 Å². The molecule has 1 N–H and O–H groups in total. The van der Waals surface area contributed by atoms with Crippen molar-refractivity contribution < 1.29 is 4.79 Å². The number of amides is 1. The first-order valence-corrected chi connectivity index (χ1v) is 10.8. The number of nitrogens with one attached hydrogen (secondary N) is 1. The summed E-state index contributed by atoms with van der Waals surface area (Å²) in [7, 11) is 1.83. The molecule has 0 aliphatic heterocycles. The number of hydrogen-bond donors (Lipinski definition) is 1. The normalized spacial score (nSPS) is 15.2. The number of fused-ring (bicyclic) bond motifs is 1. The van der Waals surface area contributed by atoms with Crippen molar-refractivity contribution in [3.63, 3.8) is 0 Å². The predicted octanol–water partition coefficient (Wildman–Crippen LogP) is 4.40. The lowest BCUT2D eigenvalue weighted by Gasteiger charge is -2.25. The first kappa shape index (κ1) is 20.3. The lowest BCUT2D eigenvalue weighted by Crippen LogP contribution is -2.32. The molecule has 160 valence electrons. The summed E-state index contributed by atoms with van der Waals surface area (Å²) in [5.41, 5.74) is 4.66. The van der Waals surface area contributed by atoms with Gasteiger partial charge in [0.05, 0.1) is 23.5 Å². The van der Waals surface area contributed by atoms with Crippen LogP contribution in [0.25, 0.3) is 22.6 Å². The molecule has 32 heavy (non-hydrogen) atoms. The summed E-state index contributed by atoms with van der Waals surface area (Å²) >= 11 is 6.05. The van der Waals surface area contributed by atoms with Crippen LogP contribution in [0.5, 0.6) is 0 Å². The Morgan fingerprint density at radius 2 is 2.00 bits per heavy atom. The summed E-state index contributed by atoms with van der Waals surface area (Å²) in [5, 5.41) is 8.00. The van der Waals surface area contributed by atoms with Gasteiger partial charge in [0, 0.05) is 35.7 Å². The number of aromatic nitrogens is 5. The Morgan fingerprint density at radius 1 is 1.16 bits per heavy atom. The number of hydrogen-bond acceptors (Lipinski definition) is 5. The molecule has 3 heterocycles. The van der Waals surface area contributed by atoms with Crippen LogP contribution < -0.4 is 5.32 Å². The maximum absolute atomic E-state index is 13.3. The third-order valence-corrected chi connectivity index (χ3v) is 5.83. The van der Waals surface area contributed by atoms with Crippen LogP contribution in [0.2, 0.25) is 5.02 Å². The van der Waals surface area contributed by atoms with E-state index < -0.39 is 0 Å². The Hall–Kier alpha value is -3.58. The maximum Gasteiger partial charge on any atom is 0.270 e. The molecule has 0 fully saturated rings. The smallest absolute Gasteiger partial charge is 0.270 e. The van der Waals surface area contributed by atoms with E-state index in [1.54, 1.807) is 35.3 Å². The molecule has 4 aromatic rings. The Bertz CT molecular complexity index is 1280. The van der Waals surface area contributed by atoms with E-state index in [4.69, 9.17) is 11.6 Å². The number of halogens is 1. The predicted molar refractivity (Wildman–Crippen MR) is 122 cm³/mol. The van der Waals surface area contributed by atoms with Crippen LogP contribution >= 0.6 is 11.6 Å². The fourth-order valence-corrected chi connectivity index (χ4v) is 4.11. The number of carbonyl (C=O) groups excluding carboxylic acids is 1. The van der Waals surface area contributed by atoms with E-state index in [-0.39, 0.29) is 11.9 Å². The molecule has 5 rings (SSSR count). The van der Waals surface area contributed by atoms with Crippen LogP contribution in [0.3, 0.4) is 0 Å². The zero-order valence-corrected chi connectivity index (χ0v) is 18.3. The zero-order valence-electron chi connectivity index (χ0n) is 17.5. The van der Waals surface area contributed by atoms with E-state index in [1.165, 1.54) is 0 Å². The van der Waals surface area contributed by atoms with Crippen molar-refractivity contribution in [2.75, 3.05) is 0 Å². The van der Waals surface area contributed by atoms with Crippen molar-refractivity contribution >= 4 is 17.5 Å². The molecule has 1 amide bonds. The van der Waals surface area contributed by atoms with Crippen molar-refractivity contribution in [1.29, 1.82) is 0 Å². The minimum Gasteiger partial charge on any atom is -0.344 e. The van der Waals surface area contributed by atoms with E-state index in [1.807, 2.05) is 37.5 Å². The molecule has 1 aliphatic carbocycles. The van der Waals surface area contributed by atoms with E-state index >= 15 is 0 Å². The third-order valence-electron chi connectivity index (χ3n) is 5.57. The van der Waals surface area contributed by atoms with Crippen molar-refractivity contribution in [2.24, 2.45) is 7.05 Å². The summed E-state index contributed by atoms with van der Waals surface area (Å²) in [6.07, 6.45) is 8.09. The summed E-state index contributed by atoms with van der Waals surface area (Å²) in [6, 6.07) is 12.9. The van der Waals surface area contributed by atoms with E-state index in [2.05, 4.69) is 25.4 Å². The molecular formula is C24H21ClN6O. The topological polar surface area (TPSA) is 85.6 Å². The summed E-state index contributed by atoms with van der Waals surface area (Å²) in [6.45, 7) is 0. The van der Waals surface area contributed by atoms with E-state index in [0.29, 0.717) is 22.2 Å². The molecule has 1 unspecified atom stereocenters. The first-order valence-electron chi connectivity index (χ1n) is 10.5. The van der Waals surface area contributed by atoms with Gasteiger partial charge in [0.2, 0.25) is 0 Å². The van der Waals surface area contributed by atoms with Gasteiger partial charge >= 0.3 is 0 Å². The van der Waals surface area contributed by atoms with Gasteiger partial charge in [0.25, 0.3) is 5.91 Å². The van der Waals surface area contributed by atoms with Crippen LogP contribution in [-0.4, -0.2) is 30.6 Å². The number of pyridine rings is 1. The molecule has 0 radical (unpaired) electrons. The Kier molecular flexibility index (Phi) is 5.41. The average Bonchev–Trinajstić information content (AvgIpc) is 3.26. The molecule has 0 spiro atoms. The second-order valence-corrected chi connectivity index (χ2v) is 8.27. The number of benzene rings is 1. The minimum absolute atomic E-state index is 0.0873. The molecule has 0 saturated carbocycles. The number of rotatable bonds is 4. The highest BCUT2D eigenvalue weighted by Gasteiger charge is 2.24. The standard InChI is InChI=1S/C24H21ClN6O/c1-31-14-16(13-27-31)23-28-21(15-7-9-17(25)10-8-15)12-22(29-23)24(32)30-20-6-2-5-19-18(20)4-3-11-26-19/h3-4,7-14,20H,2,5-6H2,1H3,(H,30,32). The molecule has 7 nitrogen and oxygen atoms in total. The summed E-state index contributed by atoms with van der Waals surface area (Å²) < 4.78 is 1.68. The highest BCUT2D eigenvalue weighted by Crippen LogP contribution is 2.29.